The van der Waals surface area contributed by atoms with Gasteiger partial charge in [-0.3, -0.25) is 0 Å². The first-order valence-electron chi connectivity index (χ1n) is 7.62. The van der Waals surface area contributed by atoms with Crippen molar-refractivity contribution >= 4 is 19.9 Å². The topological polar surface area (TPSA) is 9.23 Å². The first kappa shape index (κ1) is 19.5. The Bertz CT molecular complexity index is 329. The van der Waals surface area contributed by atoms with E-state index in [-0.39, 0.29) is 0 Å². The molecule has 0 aromatic rings. The Kier molecular flexibility index (Phi) is 10.0. The summed E-state index contributed by atoms with van der Waals surface area (Å²) in [6.45, 7) is 14.3. The van der Waals surface area contributed by atoms with Crippen LogP contribution in [0.2, 0.25) is 18.1 Å². The molecule has 0 heterocycles. The molecular formula is C17H29ClOSi. The molecule has 0 rings (SSSR count). The van der Waals surface area contributed by atoms with E-state index in [0.717, 1.165) is 43.8 Å². The van der Waals surface area contributed by atoms with Gasteiger partial charge >= 0.3 is 0 Å². The third-order valence-electron chi connectivity index (χ3n) is 4.12. The van der Waals surface area contributed by atoms with Crippen LogP contribution in [0.5, 0.6) is 0 Å². The molecule has 0 bridgehead atoms. The van der Waals surface area contributed by atoms with E-state index in [1.54, 1.807) is 0 Å². The van der Waals surface area contributed by atoms with E-state index in [2.05, 4.69) is 45.2 Å². The zero-order chi connectivity index (χ0) is 15.5. The number of rotatable bonds is 11. The largest absolute Gasteiger partial charge is 0.401 e. The van der Waals surface area contributed by atoms with Crippen molar-refractivity contribution < 1.29 is 4.43 Å². The van der Waals surface area contributed by atoms with Gasteiger partial charge in [0.15, 0.2) is 8.32 Å². The second-order valence-corrected chi connectivity index (χ2v) is 10.1. The molecule has 0 fully saturated rings. The Morgan fingerprint density at radius 2 is 1.50 bits per heavy atom. The van der Waals surface area contributed by atoms with E-state index >= 15 is 0 Å². The predicted molar refractivity (Wildman–Crippen MR) is 93.5 cm³/mol. The zero-order valence-corrected chi connectivity index (χ0v) is 15.1. The molecule has 0 aliphatic carbocycles. The SMILES string of the molecule is C=CCCC(C#CCl)(CCC=C)O[Si](CC)(CC)CC. The maximum atomic E-state index is 6.70. The lowest BCUT2D eigenvalue weighted by Gasteiger charge is -2.39. The van der Waals surface area contributed by atoms with Crippen molar-refractivity contribution in [2.24, 2.45) is 0 Å². The third kappa shape index (κ3) is 5.87. The molecule has 0 aliphatic heterocycles. The van der Waals surface area contributed by atoms with Crippen molar-refractivity contribution in [3.63, 3.8) is 0 Å². The quantitative estimate of drug-likeness (QED) is 0.263. The lowest BCUT2D eigenvalue weighted by molar-refractivity contribution is 0.0988. The van der Waals surface area contributed by atoms with Crippen LogP contribution in [-0.2, 0) is 4.43 Å². The average Bonchev–Trinajstić information content (AvgIpc) is 2.49. The fourth-order valence-electron chi connectivity index (χ4n) is 2.52. The minimum Gasteiger partial charge on any atom is -0.401 e. The van der Waals surface area contributed by atoms with Crippen molar-refractivity contribution in [1.29, 1.82) is 0 Å². The Hall–Kier alpha value is -0.493. The molecule has 0 atom stereocenters. The summed E-state index contributed by atoms with van der Waals surface area (Å²) in [7, 11) is -1.72. The molecule has 0 aromatic carbocycles. The smallest absolute Gasteiger partial charge is 0.194 e. The van der Waals surface area contributed by atoms with E-state index in [0.29, 0.717) is 0 Å². The van der Waals surface area contributed by atoms with Gasteiger partial charge in [-0.2, -0.15) is 0 Å². The number of halogens is 1. The second-order valence-electron chi connectivity index (χ2n) is 5.21. The van der Waals surface area contributed by atoms with E-state index in [9.17, 15) is 0 Å². The van der Waals surface area contributed by atoms with E-state index < -0.39 is 13.9 Å². The Labute approximate surface area is 131 Å². The van der Waals surface area contributed by atoms with Crippen LogP contribution in [0.3, 0.4) is 0 Å². The fourth-order valence-corrected chi connectivity index (χ4v) is 5.70. The summed E-state index contributed by atoms with van der Waals surface area (Å²) < 4.78 is 6.70. The highest BCUT2D eigenvalue weighted by atomic mass is 35.5. The molecule has 0 aliphatic rings. The summed E-state index contributed by atoms with van der Waals surface area (Å²) in [5, 5.41) is 2.57. The summed E-state index contributed by atoms with van der Waals surface area (Å²) >= 11 is 5.72. The van der Waals surface area contributed by atoms with Gasteiger partial charge < -0.3 is 4.43 Å². The molecule has 0 saturated heterocycles. The molecular weight excluding hydrogens is 284 g/mol. The van der Waals surface area contributed by atoms with E-state index in [1.165, 1.54) is 0 Å². The Balaban J connectivity index is 5.35. The fraction of sp³-hybridized carbons (Fsp3) is 0.647. The van der Waals surface area contributed by atoms with Crippen molar-refractivity contribution in [2.75, 3.05) is 0 Å². The lowest BCUT2D eigenvalue weighted by atomic mass is 9.93. The highest BCUT2D eigenvalue weighted by Crippen LogP contribution is 2.33. The van der Waals surface area contributed by atoms with Crippen LogP contribution in [-0.4, -0.2) is 13.9 Å². The predicted octanol–water partition coefficient (Wildman–Crippen LogP) is 5.88. The number of allylic oxidation sites excluding steroid dienone is 2. The van der Waals surface area contributed by atoms with Gasteiger partial charge in [-0.25, -0.2) is 0 Å². The van der Waals surface area contributed by atoms with Gasteiger partial charge in [0.25, 0.3) is 0 Å². The van der Waals surface area contributed by atoms with Gasteiger partial charge in [-0.15, -0.1) is 13.2 Å². The molecule has 0 saturated carbocycles. The second kappa shape index (κ2) is 10.3. The molecule has 1 nitrogen and oxygen atoms in total. The monoisotopic (exact) mass is 312 g/mol. The van der Waals surface area contributed by atoms with Gasteiger partial charge in [-0.05, 0) is 55.4 Å². The summed E-state index contributed by atoms with van der Waals surface area (Å²) in [6, 6.07) is 3.36. The Morgan fingerprint density at radius 3 is 1.80 bits per heavy atom. The molecule has 0 N–H and O–H groups in total. The van der Waals surface area contributed by atoms with Crippen LogP contribution in [0.15, 0.2) is 25.3 Å². The maximum Gasteiger partial charge on any atom is 0.194 e. The molecule has 0 spiro atoms. The van der Waals surface area contributed by atoms with E-state index in [4.69, 9.17) is 16.0 Å². The van der Waals surface area contributed by atoms with Gasteiger partial charge in [0.1, 0.15) is 5.60 Å². The van der Waals surface area contributed by atoms with Crippen LogP contribution >= 0.6 is 11.6 Å². The van der Waals surface area contributed by atoms with Crippen LogP contribution < -0.4 is 0 Å². The van der Waals surface area contributed by atoms with Crippen molar-refractivity contribution in [3.05, 3.63) is 25.3 Å². The normalized spacial score (nSPS) is 11.6. The first-order chi connectivity index (χ1) is 9.57. The average molecular weight is 313 g/mol. The molecule has 3 heteroatoms. The Morgan fingerprint density at radius 1 is 1.05 bits per heavy atom. The minimum absolute atomic E-state index is 0.432. The molecule has 0 unspecified atom stereocenters. The van der Waals surface area contributed by atoms with Gasteiger partial charge in [0, 0.05) is 5.38 Å². The number of hydrogen-bond donors (Lipinski definition) is 0. The summed E-state index contributed by atoms with van der Waals surface area (Å²) in [5.41, 5.74) is -0.432. The van der Waals surface area contributed by atoms with Crippen LogP contribution in [0.4, 0.5) is 0 Å². The third-order valence-corrected chi connectivity index (χ3v) is 8.91. The molecule has 0 radical (unpaired) electrons. The minimum atomic E-state index is -1.72. The first-order valence-corrected chi connectivity index (χ1v) is 10.5. The molecule has 0 aromatic heterocycles. The van der Waals surface area contributed by atoms with Crippen LogP contribution in [0.1, 0.15) is 46.5 Å². The van der Waals surface area contributed by atoms with Crippen LogP contribution in [0, 0.1) is 11.3 Å². The van der Waals surface area contributed by atoms with E-state index in [1.807, 2.05) is 12.2 Å². The van der Waals surface area contributed by atoms with Gasteiger partial charge in [0.05, 0.1) is 0 Å². The van der Waals surface area contributed by atoms with Crippen LogP contribution in [0.25, 0.3) is 0 Å². The molecule has 114 valence electrons. The van der Waals surface area contributed by atoms with Gasteiger partial charge in [-0.1, -0.05) is 38.8 Å². The van der Waals surface area contributed by atoms with Crippen molar-refractivity contribution in [3.8, 4) is 11.3 Å². The standard InChI is InChI=1S/C17H29ClOSi/c1-6-11-13-17(15-16-18,14-12-7-2)19-20(8-3,9-4)10-5/h6-7H,1-2,8-14H2,3-5H3. The van der Waals surface area contributed by atoms with Crippen molar-refractivity contribution in [2.45, 2.75) is 70.2 Å². The summed E-state index contributed by atoms with van der Waals surface area (Å²) in [4.78, 5) is 0. The van der Waals surface area contributed by atoms with Crippen molar-refractivity contribution in [1.82, 2.24) is 0 Å². The molecule has 0 amide bonds. The lowest BCUT2D eigenvalue weighted by Crippen LogP contribution is -2.46. The number of hydrogen-bond acceptors (Lipinski definition) is 1. The highest BCUT2D eigenvalue weighted by Gasteiger charge is 2.39. The molecule has 20 heavy (non-hydrogen) atoms. The zero-order valence-electron chi connectivity index (χ0n) is 13.3. The van der Waals surface area contributed by atoms with Gasteiger partial charge in [0.2, 0.25) is 0 Å². The maximum absolute atomic E-state index is 6.70. The highest BCUT2D eigenvalue weighted by molar-refractivity contribution is 6.73. The summed E-state index contributed by atoms with van der Waals surface area (Å²) in [5.74, 6) is 3.16. The summed E-state index contributed by atoms with van der Waals surface area (Å²) in [6.07, 6.45) is 7.36.